The summed E-state index contributed by atoms with van der Waals surface area (Å²) in [6, 6.07) is 0. The summed E-state index contributed by atoms with van der Waals surface area (Å²) in [5.41, 5.74) is 0.0263. The lowest BCUT2D eigenvalue weighted by atomic mass is 10.1. The summed E-state index contributed by atoms with van der Waals surface area (Å²) in [6.07, 6.45) is 4.67. The summed E-state index contributed by atoms with van der Waals surface area (Å²) >= 11 is 1.85. The van der Waals surface area contributed by atoms with Crippen molar-refractivity contribution in [3.63, 3.8) is 0 Å². The van der Waals surface area contributed by atoms with E-state index >= 15 is 0 Å². The largest absolute Gasteiger partial charge is 0.383 e. The van der Waals surface area contributed by atoms with Crippen molar-refractivity contribution < 1.29 is 4.74 Å². The van der Waals surface area contributed by atoms with Crippen molar-refractivity contribution in [1.82, 2.24) is 10.3 Å². The van der Waals surface area contributed by atoms with E-state index in [4.69, 9.17) is 4.74 Å². The number of ether oxygens (including phenoxy) is 1. The Morgan fingerprint density at radius 1 is 1.56 bits per heavy atom. The van der Waals surface area contributed by atoms with Crippen LogP contribution in [0.4, 0.5) is 0 Å². The number of methoxy groups -OCH3 is 1. The number of rotatable bonds is 6. The maximum Gasteiger partial charge on any atom is 0.0959 e. The van der Waals surface area contributed by atoms with Crippen molar-refractivity contribution in [2.45, 2.75) is 44.7 Å². The SMILES string of the molecule is COCC(C)(C)NCc1cnc(C2CC2)s1. The normalized spacial score (nSPS) is 16.7. The average molecular weight is 240 g/mol. The first-order valence-corrected chi connectivity index (χ1v) is 6.61. The van der Waals surface area contributed by atoms with Crippen molar-refractivity contribution in [1.29, 1.82) is 0 Å². The number of thiazole rings is 1. The average Bonchev–Trinajstić information content (AvgIpc) is 2.95. The van der Waals surface area contributed by atoms with E-state index in [0.717, 1.165) is 19.1 Å². The molecule has 0 unspecified atom stereocenters. The molecule has 0 atom stereocenters. The monoisotopic (exact) mass is 240 g/mol. The minimum atomic E-state index is 0.0263. The lowest BCUT2D eigenvalue weighted by Gasteiger charge is -2.24. The smallest absolute Gasteiger partial charge is 0.0959 e. The lowest BCUT2D eigenvalue weighted by Crippen LogP contribution is -2.42. The van der Waals surface area contributed by atoms with Gasteiger partial charge in [-0.05, 0) is 26.7 Å². The van der Waals surface area contributed by atoms with Gasteiger partial charge in [0.2, 0.25) is 0 Å². The first kappa shape index (κ1) is 12.0. The van der Waals surface area contributed by atoms with E-state index in [0.29, 0.717) is 0 Å². The van der Waals surface area contributed by atoms with Crippen molar-refractivity contribution in [2.75, 3.05) is 13.7 Å². The predicted octanol–water partition coefficient (Wildman–Crippen LogP) is 2.54. The molecule has 0 radical (unpaired) electrons. The Labute approximate surface area is 101 Å². The Balaban J connectivity index is 1.84. The van der Waals surface area contributed by atoms with Crippen LogP contribution in [0.25, 0.3) is 0 Å². The Kier molecular flexibility index (Phi) is 3.62. The number of aromatic nitrogens is 1. The number of hydrogen-bond acceptors (Lipinski definition) is 4. The highest BCUT2D eigenvalue weighted by Crippen LogP contribution is 2.41. The quantitative estimate of drug-likeness (QED) is 0.829. The molecule has 16 heavy (non-hydrogen) atoms. The second-order valence-electron chi connectivity index (χ2n) is 5.11. The zero-order valence-electron chi connectivity index (χ0n) is 10.2. The van der Waals surface area contributed by atoms with Crippen LogP contribution in [-0.2, 0) is 11.3 Å². The topological polar surface area (TPSA) is 34.1 Å². The van der Waals surface area contributed by atoms with Gasteiger partial charge >= 0.3 is 0 Å². The van der Waals surface area contributed by atoms with Crippen molar-refractivity contribution in [3.8, 4) is 0 Å². The van der Waals surface area contributed by atoms with E-state index in [9.17, 15) is 0 Å². The van der Waals surface area contributed by atoms with Crippen LogP contribution in [0.3, 0.4) is 0 Å². The molecule has 0 spiro atoms. The summed E-state index contributed by atoms with van der Waals surface area (Å²) in [5.74, 6) is 0.769. The van der Waals surface area contributed by atoms with Crippen LogP contribution in [0, 0.1) is 0 Å². The Morgan fingerprint density at radius 3 is 2.94 bits per heavy atom. The van der Waals surface area contributed by atoms with E-state index in [1.54, 1.807) is 7.11 Å². The van der Waals surface area contributed by atoms with Crippen LogP contribution in [0.2, 0.25) is 0 Å². The molecule has 90 valence electrons. The zero-order chi connectivity index (χ0) is 11.6. The molecule has 1 aliphatic carbocycles. The number of nitrogens with zero attached hydrogens (tertiary/aromatic N) is 1. The molecule has 1 N–H and O–H groups in total. The molecule has 2 rings (SSSR count). The van der Waals surface area contributed by atoms with Gasteiger partial charge in [-0.2, -0.15) is 0 Å². The van der Waals surface area contributed by atoms with Gasteiger partial charge in [-0.25, -0.2) is 4.98 Å². The second-order valence-corrected chi connectivity index (χ2v) is 6.26. The van der Waals surface area contributed by atoms with Crippen molar-refractivity contribution in [2.24, 2.45) is 0 Å². The molecule has 0 saturated heterocycles. The summed E-state index contributed by atoms with van der Waals surface area (Å²) < 4.78 is 5.17. The van der Waals surface area contributed by atoms with E-state index in [-0.39, 0.29) is 5.54 Å². The molecule has 1 aliphatic rings. The van der Waals surface area contributed by atoms with Crippen molar-refractivity contribution in [3.05, 3.63) is 16.1 Å². The van der Waals surface area contributed by atoms with Gasteiger partial charge in [0, 0.05) is 36.2 Å². The molecular formula is C12H20N2OS. The highest BCUT2D eigenvalue weighted by Gasteiger charge is 2.26. The fourth-order valence-electron chi connectivity index (χ4n) is 1.66. The van der Waals surface area contributed by atoms with E-state index < -0.39 is 0 Å². The van der Waals surface area contributed by atoms with Gasteiger partial charge in [-0.3, -0.25) is 0 Å². The fourth-order valence-corrected chi connectivity index (χ4v) is 2.69. The van der Waals surface area contributed by atoms with E-state index in [1.807, 2.05) is 17.5 Å². The zero-order valence-corrected chi connectivity index (χ0v) is 11.1. The summed E-state index contributed by atoms with van der Waals surface area (Å²) in [6.45, 7) is 5.92. The summed E-state index contributed by atoms with van der Waals surface area (Å²) in [5, 5.41) is 4.81. The molecule has 1 saturated carbocycles. The molecule has 1 heterocycles. The van der Waals surface area contributed by atoms with Crippen LogP contribution in [0.1, 0.15) is 42.5 Å². The molecule has 0 bridgehead atoms. The molecule has 4 heteroatoms. The van der Waals surface area contributed by atoms with Gasteiger partial charge in [-0.15, -0.1) is 11.3 Å². The van der Waals surface area contributed by atoms with Crippen LogP contribution >= 0.6 is 11.3 Å². The molecule has 0 aromatic carbocycles. The summed E-state index contributed by atoms with van der Waals surface area (Å²) in [7, 11) is 1.74. The van der Waals surface area contributed by atoms with Gasteiger partial charge in [0.15, 0.2) is 0 Å². The second kappa shape index (κ2) is 4.82. The van der Waals surface area contributed by atoms with Crippen LogP contribution in [0.15, 0.2) is 6.20 Å². The molecule has 1 aromatic rings. The Hall–Kier alpha value is -0.450. The molecule has 1 fully saturated rings. The maximum absolute atomic E-state index is 5.17. The maximum atomic E-state index is 5.17. The van der Waals surface area contributed by atoms with E-state index in [1.165, 1.54) is 22.7 Å². The molecule has 3 nitrogen and oxygen atoms in total. The molecular weight excluding hydrogens is 220 g/mol. The first-order valence-electron chi connectivity index (χ1n) is 5.79. The highest BCUT2D eigenvalue weighted by molar-refractivity contribution is 7.11. The Morgan fingerprint density at radius 2 is 2.31 bits per heavy atom. The third-order valence-electron chi connectivity index (χ3n) is 2.74. The third-order valence-corrected chi connectivity index (χ3v) is 3.90. The van der Waals surface area contributed by atoms with Gasteiger partial charge in [-0.1, -0.05) is 0 Å². The third kappa shape index (κ3) is 3.27. The molecule has 1 aromatic heterocycles. The first-order chi connectivity index (χ1) is 7.61. The standard InChI is InChI=1S/C12H20N2OS/c1-12(2,8-15-3)14-7-10-6-13-11(16-10)9-4-5-9/h6,9,14H,4-5,7-8H2,1-3H3. The fraction of sp³-hybridized carbons (Fsp3) is 0.750. The van der Waals surface area contributed by atoms with Gasteiger partial charge in [0.1, 0.15) is 0 Å². The van der Waals surface area contributed by atoms with Gasteiger partial charge < -0.3 is 10.1 Å². The van der Waals surface area contributed by atoms with Crippen molar-refractivity contribution >= 4 is 11.3 Å². The molecule has 0 amide bonds. The number of nitrogens with one attached hydrogen (secondary N) is 1. The van der Waals surface area contributed by atoms with Gasteiger partial charge in [0.05, 0.1) is 11.6 Å². The van der Waals surface area contributed by atoms with Gasteiger partial charge in [0.25, 0.3) is 0 Å². The lowest BCUT2D eigenvalue weighted by molar-refractivity contribution is 0.128. The summed E-state index contributed by atoms with van der Waals surface area (Å²) in [4.78, 5) is 5.80. The molecule has 0 aliphatic heterocycles. The van der Waals surface area contributed by atoms with Crippen LogP contribution < -0.4 is 5.32 Å². The minimum absolute atomic E-state index is 0.0263. The highest BCUT2D eigenvalue weighted by atomic mass is 32.1. The van der Waals surface area contributed by atoms with E-state index in [2.05, 4.69) is 24.1 Å². The number of hydrogen-bond donors (Lipinski definition) is 1. The predicted molar refractivity (Wildman–Crippen MR) is 66.9 cm³/mol. The van der Waals surface area contributed by atoms with Crippen LogP contribution in [0.5, 0.6) is 0 Å². The Bertz CT molecular complexity index is 345. The van der Waals surface area contributed by atoms with Crippen LogP contribution in [-0.4, -0.2) is 24.2 Å². The minimum Gasteiger partial charge on any atom is -0.383 e.